The maximum absolute atomic E-state index is 11.7. The Kier molecular flexibility index (Phi) is 3.76. The van der Waals surface area contributed by atoms with Crippen LogP contribution in [0.5, 0.6) is 0 Å². The summed E-state index contributed by atoms with van der Waals surface area (Å²) in [7, 11) is -3.60. The SMILES string of the molecule is NC(=S)c1ccc(Cl)c(NS(=O)(=O)NC2CC2)c1. The Hall–Kier alpha value is -0.890. The van der Waals surface area contributed by atoms with E-state index in [9.17, 15) is 8.42 Å². The fraction of sp³-hybridized carbons (Fsp3) is 0.300. The van der Waals surface area contributed by atoms with E-state index in [4.69, 9.17) is 29.6 Å². The highest BCUT2D eigenvalue weighted by Crippen LogP contribution is 2.25. The third kappa shape index (κ3) is 3.55. The monoisotopic (exact) mass is 305 g/mol. The zero-order valence-corrected chi connectivity index (χ0v) is 11.7. The van der Waals surface area contributed by atoms with Crippen LogP contribution in [0.2, 0.25) is 5.02 Å². The largest absolute Gasteiger partial charge is 0.389 e. The number of thiocarbonyl (C=S) groups is 1. The molecule has 0 saturated heterocycles. The van der Waals surface area contributed by atoms with Gasteiger partial charge in [0, 0.05) is 11.6 Å². The molecule has 0 atom stereocenters. The second-order valence-corrected chi connectivity index (χ2v) is 6.35. The first-order chi connectivity index (χ1) is 8.37. The molecular weight excluding hydrogens is 294 g/mol. The Morgan fingerprint density at radius 3 is 2.67 bits per heavy atom. The molecule has 1 aliphatic rings. The molecule has 0 aliphatic heterocycles. The topological polar surface area (TPSA) is 84.2 Å². The van der Waals surface area contributed by atoms with Gasteiger partial charge < -0.3 is 5.73 Å². The quantitative estimate of drug-likeness (QED) is 0.718. The number of rotatable bonds is 5. The van der Waals surface area contributed by atoms with Crippen molar-refractivity contribution in [1.82, 2.24) is 4.72 Å². The van der Waals surface area contributed by atoms with Crippen molar-refractivity contribution in [2.45, 2.75) is 18.9 Å². The minimum absolute atomic E-state index is 0.0278. The van der Waals surface area contributed by atoms with Crippen molar-refractivity contribution in [3.05, 3.63) is 28.8 Å². The third-order valence-electron chi connectivity index (χ3n) is 2.39. The zero-order chi connectivity index (χ0) is 13.3. The predicted molar refractivity (Wildman–Crippen MR) is 76.0 cm³/mol. The number of anilines is 1. The maximum Gasteiger partial charge on any atom is 0.299 e. The standard InChI is InChI=1S/C10H12ClN3O2S2/c11-8-4-1-6(10(12)17)5-9(8)14-18(15,16)13-7-2-3-7/h1,4-5,7,13-14H,2-3H2,(H2,12,17). The lowest BCUT2D eigenvalue weighted by Gasteiger charge is -2.11. The Morgan fingerprint density at radius 1 is 1.44 bits per heavy atom. The van der Waals surface area contributed by atoms with Crippen LogP contribution in [0.1, 0.15) is 18.4 Å². The Morgan fingerprint density at radius 2 is 2.11 bits per heavy atom. The third-order valence-corrected chi connectivity index (χ3v) is 4.09. The van der Waals surface area contributed by atoms with Crippen molar-refractivity contribution in [3.63, 3.8) is 0 Å². The molecule has 2 rings (SSSR count). The van der Waals surface area contributed by atoms with E-state index in [1.54, 1.807) is 12.1 Å². The number of hydrogen-bond acceptors (Lipinski definition) is 3. The van der Waals surface area contributed by atoms with Crippen LogP contribution in [0.4, 0.5) is 5.69 Å². The summed E-state index contributed by atoms with van der Waals surface area (Å²) in [6, 6.07) is 4.72. The van der Waals surface area contributed by atoms with Crippen LogP contribution in [0, 0.1) is 0 Å². The van der Waals surface area contributed by atoms with Crippen LogP contribution in [0.3, 0.4) is 0 Å². The summed E-state index contributed by atoms with van der Waals surface area (Å²) in [5, 5.41) is 0.288. The average Bonchev–Trinajstić information content (AvgIpc) is 3.03. The summed E-state index contributed by atoms with van der Waals surface area (Å²) in [5.74, 6) is 0. The smallest absolute Gasteiger partial charge is 0.299 e. The van der Waals surface area contributed by atoms with Gasteiger partial charge in [0.1, 0.15) is 4.99 Å². The van der Waals surface area contributed by atoms with Gasteiger partial charge in [0.25, 0.3) is 10.2 Å². The summed E-state index contributed by atoms with van der Waals surface area (Å²) in [6.07, 6.45) is 1.73. The van der Waals surface area contributed by atoms with Gasteiger partial charge in [-0.3, -0.25) is 4.72 Å². The van der Waals surface area contributed by atoms with E-state index in [1.165, 1.54) is 6.07 Å². The number of benzene rings is 1. The number of hydrogen-bond donors (Lipinski definition) is 3. The first-order valence-electron chi connectivity index (χ1n) is 5.27. The van der Waals surface area contributed by atoms with E-state index in [0.29, 0.717) is 5.56 Å². The van der Waals surface area contributed by atoms with Crippen LogP contribution < -0.4 is 15.2 Å². The zero-order valence-electron chi connectivity index (χ0n) is 9.31. The van der Waals surface area contributed by atoms with Gasteiger partial charge in [-0.05, 0) is 25.0 Å². The summed E-state index contributed by atoms with van der Waals surface area (Å²) >= 11 is 10.7. The molecular formula is C10H12ClN3O2S2. The lowest BCUT2D eigenvalue weighted by Crippen LogP contribution is -2.31. The molecule has 8 heteroatoms. The van der Waals surface area contributed by atoms with E-state index in [2.05, 4.69) is 9.44 Å². The number of halogens is 1. The van der Waals surface area contributed by atoms with Gasteiger partial charge in [-0.2, -0.15) is 13.1 Å². The van der Waals surface area contributed by atoms with Crippen LogP contribution in [-0.4, -0.2) is 19.4 Å². The molecule has 5 nitrogen and oxygen atoms in total. The second-order valence-electron chi connectivity index (χ2n) is 4.06. The Bertz CT molecular complexity index is 585. The molecule has 0 amide bonds. The highest BCUT2D eigenvalue weighted by Gasteiger charge is 2.27. The molecule has 1 aromatic rings. The van der Waals surface area contributed by atoms with E-state index in [1.807, 2.05) is 0 Å². The average molecular weight is 306 g/mol. The van der Waals surface area contributed by atoms with Gasteiger partial charge in [-0.25, -0.2) is 0 Å². The van der Waals surface area contributed by atoms with Crippen molar-refractivity contribution in [2.24, 2.45) is 5.73 Å². The van der Waals surface area contributed by atoms with Crippen molar-refractivity contribution >= 4 is 44.7 Å². The summed E-state index contributed by atoms with van der Waals surface area (Å²) in [4.78, 5) is 0.183. The molecule has 0 bridgehead atoms. The van der Waals surface area contributed by atoms with Gasteiger partial charge in [0.2, 0.25) is 0 Å². The van der Waals surface area contributed by atoms with E-state index in [-0.39, 0.29) is 21.7 Å². The van der Waals surface area contributed by atoms with Crippen molar-refractivity contribution in [1.29, 1.82) is 0 Å². The molecule has 1 aliphatic carbocycles. The molecule has 98 valence electrons. The molecule has 0 radical (unpaired) electrons. The summed E-state index contributed by atoms with van der Waals surface area (Å²) < 4.78 is 28.3. The Labute approximate surface area is 116 Å². The van der Waals surface area contributed by atoms with Crippen LogP contribution >= 0.6 is 23.8 Å². The van der Waals surface area contributed by atoms with Crippen molar-refractivity contribution < 1.29 is 8.42 Å². The van der Waals surface area contributed by atoms with Crippen LogP contribution in [-0.2, 0) is 10.2 Å². The molecule has 1 aromatic carbocycles. The highest BCUT2D eigenvalue weighted by molar-refractivity contribution is 7.90. The number of nitrogens with one attached hydrogen (secondary N) is 2. The molecule has 0 heterocycles. The fourth-order valence-electron chi connectivity index (χ4n) is 1.35. The van der Waals surface area contributed by atoms with Crippen LogP contribution in [0.15, 0.2) is 18.2 Å². The van der Waals surface area contributed by atoms with Crippen LogP contribution in [0.25, 0.3) is 0 Å². The minimum Gasteiger partial charge on any atom is -0.389 e. The second kappa shape index (κ2) is 5.00. The van der Waals surface area contributed by atoms with Gasteiger partial charge in [0.05, 0.1) is 10.7 Å². The summed E-state index contributed by atoms with van der Waals surface area (Å²) in [5.41, 5.74) is 6.30. The fourth-order valence-corrected chi connectivity index (χ4v) is 2.89. The van der Waals surface area contributed by atoms with E-state index < -0.39 is 10.2 Å². The highest BCUT2D eigenvalue weighted by atomic mass is 35.5. The lowest BCUT2D eigenvalue weighted by molar-refractivity contribution is 0.586. The normalized spacial score (nSPS) is 15.4. The van der Waals surface area contributed by atoms with Crippen molar-refractivity contribution in [3.8, 4) is 0 Å². The van der Waals surface area contributed by atoms with E-state index >= 15 is 0 Å². The molecule has 4 N–H and O–H groups in total. The first-order valence-corrected chi connectivity index (χ1v) is 7.54. The Balaban J connectivity index is 2.21. The van der Waals surface area contributed by atoms with Gasteiger partial charge in [0.15, 0.2) is 0 Å². The first kappa shape index (κ1) is 13.5. The molecule has 1 saturated carbocycles. The van der Waals surface area contributed by atoms with Gasteiger partial charge >= 0.3 is 0 Å². The maximum atomic E-state index is 11.7. The molecule has 18 heavy (non-hydrogen) atoms. The molecule has 0 aromatic heterocycles. The van der Waals surface area contributed by atoms with Gasteiger partial charge in [-0.1, -0.05) is 29.9 Å². The van der Waals surface area contributed by atoms with Crippen molar-refractivity contribution in [2.75, 3.05) is 4.72 Å². The lowest BCUT2D eigenvalue weighted by atomic mass is 10.2. The molecule has 0 unspecified atom stereocenters. The number of nitrogens with two attached hydrogens (primary N) is 1. The van der Waals surface area contributed by atoms with E-state index in [0.717, 1.165) is 12.8 Å². The predicted octanol–water partition coefficient (Wildman–Crippen LogP) is 1.38. The minimum atomic E-state index is -3.60. The molecule has 1 fully saturated rings. The summed E-state index contributed by atoms with van der Waals surface area (Å²) in [6.45, 7) is 0. The van der Waals surface area contributed by atoms with Gasteiger partial charge in [-0.15, -0.1) is 0 Å². The molecule has 0 spiro atoms.